The van der Waals surface area contributed by atoms with Gasteiger partial charge in [-0.3, -0.25) is 4.79 Å². The second-order valence-electron chi connectivity index (χ2n) is 2.18. The van der Waals surface area contributed by atoms with Crippen LogP contribution < -0.4 is 5.56 Å². The first kappa shape index (κ1) is 7.84. The van der Waals surface area contributed by atoms with Crippen LogP contribution in [0.2, 0.25) is 0 Å². The van der Waals surface area contributed by atoms with Crippen molar-refractivity contribution in [3.8, 4) is 0 Å². The third-order valence-electron chi connectivity index (χ3n) is 1.19. The molecule has 5 heteroatoms. The maximum atomic E-state index is 12.5. The van der Waals surface area contributed by atoms with Gasteiger partial charge in [0, 0.05) is 13.1 Å². The molecule has 0 atom stereocenters. The van der Waals surface area contributed by atoms with Crippen LogP contribution in [0, 0.1) is 0 Å². The third-order valence-corrected chi connectivity index (χ3v) is 1.19. The molecule has 60 valence electrons. The van der Waals surface area contributed by atoms with Crippen LogP contribution in [0.4, 0.5) is 8.78 Å². The van der Waals surface area contributed by atoms with Gasteiger partial charge in [-0.1, -0.05) is 0 Å². The average molecular weight is 160 g/mol. The summed E-state index contributed by atoms with van der Waals surface area (Å²) in [6, 6.07) is 0. The number of aromatic nitrogens is 2. The molecule has 1 rings (SSSR count). The van der Waals surface area contributed by atoms with E-state index in [9.17, 15) is 13.6 Å². The van der Waals surface area contributed by atoms with Gasteiger partial charge in [-0.2, -0.15) is 0 Å². The quantitative estimate of drug-likeness (QED) is 0.662. The van der Waals surface area contributed by atoms with Gasteiger partial charge in [-0.05, 0) is 0 Å². The molecule has 0 aromatic carbocycles. The van der Waals surface area contributed by atoms with Crippen molar-refractivity contribution in [1.82, 2.24) is 9.97 Å². The van der Waals surface area contributed by atoms with Crippen molar-refractivity contribution in [1.29, 1.82) is 0 Å². The molecule has 0 amide bonds. The summed E-state index contributed by atoms with van der Waals surface area (Å²) >= 11 is 0. The van der Waals surface area contributed by atoms with E-state index in [1.807, 2.05) is 0 Å². The second kappa shape index (κ2) is 2.41. The van der Waals surface area contributed by atoms with E-state index in [-0.39, 0.29) is 0 Å². The molecule has 0 spiro atoms. The lowest BCUT2D eigenvalue weighted by atomic mass is 10.2. The summed E-state index contributed by atoms with van der Waals surface area (Å²) in [5.74, 6) is -3.12. The molecule has 0 aliphatic heterocycles. The summed E-state index contributed by atoms with van der Waals surface area (Å²) in [6.45, 7) is 0.652. The molecular formula is C6H6F2N2O. The highest BCUT2D eigenvalue weighted by atomic mass is 19.3. The fraction of sp³-hybridized carbons (Fsp3) is 0.333. The number of hydrogen-bond donors (Lipinski definition) is 1. The largest absolute Gasteiger partial charge is 0.313 e. The minimum atomic E-state index is -3.12. The Labute approximate surface area is 61.1 Å². The number of alkyl halides is 2. The van der Waals surface area contributed by atoms with Crippen molar-refractivity contribution in [2.24, 2.45) is 0 Å². The Bertz CT molecular complexity index is 302. The molecule has 0 bridgehead atoms. The summed E-state index contributed by atoms with van der Waals surface area (Å²) in [5.41, 5.74) is -1.41. The van der Waals surface area contributed by atoms with E-state index in [4.69, 9.17) is 0 Å². The van der Waals surface area contributed by atoms with Crippen molar-refractivity contribution in [2.75, 3.05) is 0 Å². The van der Waals surface area contributed by atoms with Crippen LogP contribution in [-0.4, -0.2) is 9.97 Å². The van der Waals surface area contributed by atoms with Crippen LogP contribution in [0.5, 0.6) is 0 Å². The maximum Gasteiger partial charge on any atom is 0.277 e. The van der Waals surface area contributed by atoms with Crippen LogP contribution in [-0.2, 0) is 5.92 Å². The summed E-state index contributed by atoms with van der Waals surface area (Å²) in [6.07, 6.45) is 1.93. The first-order valence-corrected chi connectivity index (χ1v) is 2.93. The first-order chi connectivity index (χ1) is 5.02. The van der Waals surface area contributed by atoms with Gasteiger partial charge in [-0.15, -0.1) is 0 Å². The summed E-state index contributed by atoms with van der Waals surface area (Å²) in [4.78, 5) is 16.1. The molecule has 0 saturated carbocycles. The van der Waals surface area contributed by atoms with Gasteiger partial charge in [0.1, 0.15) is 5.56 Å². The van der Waals surface area contributed by atoms with Gasteiger partial charge in [0.2, 0.25) is 0 Å². The summed E-state index contributed by atoms with van der Waals surface area (Å²) in [5, 5.41) is 0. The van der Waals surface area contributed by atoms with Gasteiger partial charge in [0.25, 0.3) is 11.5 Å². The minimum Gasteiger partial charge on any atom is -0.313 e. The highest BCUT2D eigenvalue weighted by Gasteiger charge is 2.27. The molecule has 1 N–H and O–H groups in total. The Balaban J connectivity index is 3.26. The zero-order valence-corrected chi connectivity index (χ0v) is 5.77. The predicted molar refractivity (Wildman–Crippen MR) is 34.4 cm³/mol. The van der Waals surface area contributed by atoms with Crippen LogP contribution in [0.3, 0.4) is 0 Å². The van der Waals surface area contributed by atoms with E-state index >= 15 is 0 Å². The van der Waals surface area contributed by atoms with Crippen molar-refractivity contribution in [3.05, 3.63) is 28.4 Å². The van der Waals surface area contributed by atoms with Gasteiger partial charge in [0.05, 0.1) is 6.33 Å². The van der Waals surface area contributed by atoms with Gasteiger partial charge < -0.3 is 4.98 Å². The number of H-pyrrole nitrogens is 1. The lowest BCUT2D eigenvalue weighted by Crippen LogP contribution is -2.22. The first-order valence-electron chi connectivity index (χ1n) is 2.93. The van der Waals surface area contributed by atoms with E-state index in [1.165, 1.54) is 0 Å². The highest BCUT2D eigenvalue weighted by molar-refractivity contribution is 5.09. The normalized spacial score (nSPS) is 11.5. The van der Waals surface area contributed by atoms with Gasteiger partial charge >= 0.3 is 0 Å². The minimum absolute atomic E-state index is 0.611. The predicted octanol–water partition coefficient (Wildman–Crippen LogP) is 0.882. The summed E-state index contributed by atoms with van der Waals surface area (Å²) < 4.78 is 24.9. The number of hydrogen-bond acceptors (Lipinski definition) is 2. The highest BCUT2D eigenvalue weighted by Crippen LogP contribution is 2.22. The molecule has 0 unspecified atom stereocenters. The molecule has 1 heterocycles. The van der Waals surface area contributed by atoms with Gasteiger partial charge in [-0.25, -0.2) is 13.8 Å². The van der Waals surface area contributed by atoms with E-state index in [0.717, 1.165) is 12.5 Å². The Morgan fingerprint density at radius 2 is 2.27 bits per heavy atom. The molecule has 0 aliphatic rings. The molecule has 0 saturated heterocycles. The molecule has 0 fully saturated rings. The molecule has 3 nitrogen and oxygen atoms in total. The smallest absolute Gasteiger partial charge is 0.277 e. The number of aromatic amines is 1. The van der Waals surface area contributed by atoms with Crippen LogP contribution in [0.15, 0.2) is 17.3 Å². The van der Waals surface area contributed by atoms with E-state index < -0.39 is 17.0 Å². The van der Waals surface area contributed by atoms with Crippen molar-refractivity contribution < 1.29 is 8.78 Å². The van der Waals surface area contributed by atoms with Crippen molar-refractivity contribution in [3.63, 3.8) is 0 Å². The Hall–Kier alpha value is -1.26. The average Bonchev–Trinajstić information content (AvgIpc) is 1.86. The van der Waals surface area contributed by atoms with Crippen LogP contribution in [0.1, 0.15) is 12.5 Å². The van der Waals surface area contributed by atoms with Crippen LogP contribution >= 0.6 is 0 Å². The number of nitrogens with zero attached hydrogens (tertiary/aromatic N) is 1. The standard InChI is InChI=1S/C6H6F2N2O/c1-6(7,8)4-2-9-3-10-5(4)11/h2-3H,1H3,(H,9,10,11). The lowest BCUT2D eigenvalue weighted by molar-refractivity contribution is 0.0155. The fourth-order valence-corrected chi connectivity index (χ4v) is 0.657. The van der Waals surface area contributed by atoms with E-state index in [0.29, 0.717) is 6.92 Å². The molecule has 1 aromatic heterocycles. The zero-order valence-electron chi connectivity index (χ0n) is 5.77. The topological polar surface area (TPSA) is 45.8 Å². The molecule has 1 aromatic rings. The zero-order chi connectivity index (χ0) is 8.48. The molecule has 0 aliphatic carbocycles. The number of rotatable bonds is 1. The molecule has 11 heavy (non-hydrogen) atoms. The molecule has 0 radical (unpaired) electrons. The van der Waals surface area contributed by atoms with Gasteiger partial charge in [0.15, 0.2) is 0 Å². The lowest BCUT2D eigenvalue weighted by Gasteiger charge is -2.06. The third kappa shape index (κ3) is 1.60. The Kier molecular flexibility index (Phi) is 1.72. The number of halogens is 2. The monoisotopic (exact) mass is 160 g/mol. The Morgan fingerprint density at radius 1 is 1.64 bits per heavy atom. The number of nitrogens with one attached hydrogen (secondary N) is 1. The SMILES string of the molecule is CC(F)(F)c1cnc[nH]c1=O. The fourth-order valence-electron chi connectivity index (χ4n) is 0.657. The van der Waals surface area contributed by atoms with Crippen molar-refractivity contribution in [2.45, 2.75) is 12.8 Å². The maximum absolute atomic E-state index is 12.5. The second-order valence-corrected chi connectivity index (χ2v) is 2.18. The van der Waals surface area contributed by atoms with Crippen molar-refractivity contribution >= 4 is 0 Å². The van der Waals surface area contributed by atoms with E-state index in [2.05, 4.69) is 9.97 Å². The molecular weight excluding hydrogens is 154 g/mol. The summed E-state index contributed by atoms with van der Waals surface area (Å²) in [7, 11) is 0. The van der Waals surface area contributed by atoms with Crippen LogP contribution in [0.25, 0.3) is 0 Å². The Morgan fingerprint density at radius 3 is 2.64 bits per heavy atom. The van der Waals surface area contributed by atoms with E-state index in [1.54, 1.807) is 0 Å².